The number of nitrogens with zero attached hydrogens (tertiary/aromatic N) is 2. The van der Waals surface area contributed by atoms with Crippen LogP contribution in [0.4, 0.5) is 0 Å². The summed E-state index contributed by atoms with van der Waals surface area (Å²) < 4.78 is 12.5. The standard InChI is InChI=1S/C42H50N2O3/c1-3-5-6-7-8-9-10-13-28-46-36-22-20-33(21-23-36)32-16-18-34(19-17-32)42(45)47-41(38-24-26-43-39-15-12-11-14-37(38)39)40-29-35-25-27-44(40)30-31(35)4-2/h4,11-12,14-24,26,31,35,40-41H,2-3,5-10,13,25,27-30H2,1H3. The van der Waals surface area contributed by atoms with E-state index in [1.54, 1.807) is 0 Å². The third-order valence-electron chi connectivity index (χ3n) is 10.3. The molecule has 5 nitrogen and oxygen atoms in total. The molecule has 0 amide bonds. The van der Waals surface area contributed by atoms with Crippen LogP contribution in [0.2, 0.25) is 0 Å². The van der Waals surface area contributed by atoms with Gasteiger partial charge in [-0.2, -0.15) is 0 Å². The smallest absolute Gasteiger partial charge is 0.338 e. The fourth-order valence-corrected chi connectivity index (χ4v) is 7.56. The molecule has 3 aliphatic rings. The molecule has 47 heavy (non-hydrogen) atoms. The molecule has 7 rings (SSSR count). The van der Waals surface area contributed by atoms with Crippen LogP contribution in [0, 0.1) is 11.8 Å². The average molecular weight is 631 g/mol. The summed E-state index contributed by atoms with van der Waals surface area (Å²) in [5.41, 5.74) is 4.65. The van der Waals surface area contributed by atoms with Gasteiger partial charge in [-0.1, -0.05) is 100 Å². The molecule has 1 aromatic heterocycles. The van der Waals surface area contributed by atoms with Crippen molar-refractivity contribution in [2.24, 2.45) is 11.8 Å². The fourth-order valence-electron chi connectivity index (χ4n) is 7.56. The lowest BCUT2D eigenvalue weighted by atomic mass is 9.73. The van der Waals surface area contributed by atoms with Gasteiger partial charge in [0, 0.05) is 23.7 Å². The molecule has 5 unspecified atom stereocenters. The second-order valence-corrected chi connectivity index (χ2v) is 13.4. The molecule has 3 saturated heterocycles. The van der Waals surface area contributed by atoms with Gasteiger partial charge in [-0.25, -0.2) is 4.79 Å². The Hall–Kier alpha value is -3.96. The fraction of sp³-hybridized carbons (Fsp3) is 0.429. The van der Waals surface area contributed by atoms with E-state index in [1.165, 1.54) is 51.4 Å². The maximum absolute atomic E-state index is 13.8. The quantitative estimate of drug-likeness (QED) is 0.0700. The summed E-state index contributed by atoms with van der Waals surface area (Å²) in [6.07, 6.45) is 16.1. The summed E-state index contributed by atoms with van der Waals surface area (Å²) in [5, 5.41) is 1.04. The third kappa shape index (κ3) is 8.13. The number of hydrogen-bond acceptors (Lipinski definition) is 5. The summed E-state index contributed by atoms with van der Waals surface area (Å²) in [4.78, 5) is 20.9. The largest absolute Gasteiger partial charge is 0.494 e. The highest BCUT2D eigenvalue weighted by molar-refractivity contribution is 5.91. The normalized spacial score (nSPS) is 21.0. The summed E-state index contributed by atoms with van der Waals surface area (Å²) >= 11 is 0. The second kappa shape index (κ2) is 16.2. The molecule has 5 heteroatoms. The van der Waals surface area contributed by atoms with Gasteiger partial charge in [-0.05, 0) is 85.2 Å². The number of aromatic nitrogens is 1. The van der Waals surface area contributed by atoms with Gasteiger partial charge in [0.15, 0.2) is 0 Å². The number of carbonyl (C=O) groups excluding carboxylic acids is 1. The zero-order chi connectivity index (χ0) is 32.4. The minimum Gasteiger partial charge on any atom is -0.494 e. The lowest BCUT2D eigenvalue weighted by Crippen LogP contribution is -2.55. The van der Waals surface area contributed by atoms with Gasteiger partial charge in [0.1, 0.15) is 11.9 Å². The highest BCUT2D eigenvalue weighted by Gasteiger charge is 2.44. The third-order valence-corrected chi connectivity index (χ3v) is 10.3. The van der Waals surface area contributed by atoms with E-state index in [9.17, 15) is 4.79 Å². The Bertz CT molecular complexity index is 1590. The Balaban J connectivity index is 1.09. The number of pyridine rings is 1. The molecule has 0 aliphatic carbocycles. The molecule has 246 valence electrons. The molecule has 4 heterocycles. The van der Waals surface area contributed by atoms with Gasteiger partial charge >= 0.3 is 5.97 Å². The summed E-state index contributed by atoms with van der Waals surface area (Å²) in [5.74, 6) is 1.67. The highest BCUT2D eigenvalue weighted by atomic mass is 16.5. The average Bonchev–Trinajstić information content (AvgIpc) is 3.13. The first-order chi connectivity index (χ1) is 23.1. The molecule has 3 aliphatic heterocycles. The van der Waals surface area contributed by atoms with Crippen molar-refractivity contribution in [2.75, 3.05) is 19.7 Å². The number of esters is 1. The van der Waals surface area contributed by atoms with Crippen LogP contribution in [0.1, 0.15) is 93.2 Å². The second-order valence-electron chi connectivity index (χ2n) is 13.4. The molecule has 5 atom stereocenters. The predicted molar refractivity (Wildman–Crippen MR) is 192 cm³/mol. The van der Waals surface area contributed by atoms with E-state index in [0.29, 0.717) is 17.4 Å². The molecule has 0 saturated carbocycles. The van der Waals surface area contributed by atoms with E-state index in [2.05, 4.69) is 47.7 Å². The Labute approximate surface area is 281 Å². The SMILES string of the molecule is C=CC1CN2CCC1CC2C(OC(=O)c1ccc(-c2ccc(OCCCCCCCCCC)cc2)cc1)c1ccnc2ccccc12. The molecule has 0 radical (unpaired) electrons. The van der Waals surface area contributed by atoms with Crippen molar-refractivity contribution in [1.82, 2.24) is 9.88 Å². The number of hydrogen-bond donors (Lipinski definition) is 0. The van der Waals surface area contributed by atoms with Crippen LogP contribution in [-0.4, -0.2) is 41.6 Å². The Morgan fingerprint density at radius 2 is 1.62 bits per heavy atom. The van der Waals surface area contributed by atoms with Gasteiger partial charge in [-0.15, -0.1) is 6.58 Å². The molecule has 3 aromatic carbocycles. The van der Waals surface area contributed by atoms with Gasteiger partial charge in [0.25, 0.3) is 0 Å². The zero-order valence-electron chi connectivity index (χ0n) is 28.0. The van der Waals surface area contributed by atoms with E-state index in [4.69, 9.17) is 9.47 Å². The van der Waals surface area contributed by atoms with E-state index >= 15 is 0 Å². The summed E-state index contributed by atoms with van der Waals surface area (Å²) in [6, 6.07) is 26.3. The van der Waals surface area contributed by atoms with Crippen LogP contribution in [0.25, 0.3) is 22.0 Å². The zero-order valence-corrected chi connectivity index (χ0v) is 28.0. The van der Waals surface area contributed by atoms with E-state index < -0.39 is 0 Å². The van der Waals surface area contributed by atoms with Crippen LogP contribution in [0.15, 0.2) is 97.7 Å². The van der Waals surface area contributed by atoms with Crippen LogP contribution >= 0.6 is 0 Å². The molecule has 0 N–H and O–H groups in total. The number of unbranched alkanes of at least 4 members (excludes halogenated alkanes) is 7. The van der Waals surface area contributed by atoms with Crippen molar-refractivity contribution >= 4 is 16.9 Å². The Kier molecular flexibility index (Phi) is 11.4. The van der Waals surface area contributed by atoms with Gasteiger partial charge < -0.3 is 9.47 Å². The van der Waals surface area contributed by atoms with Gasteiger partial charge in [0.05, 0.1) is 23.7 Å². The maximum atomic E-state index is 13.8. The molecule has 2 bridgehead atoms. The van der Waals surface area contributed by atoms with Crippen LogP contribution < -0.4 is 4.74 Å². The van der Waals surface area contributed by atoms with E-state index in [0.717, 1.165) is 65.9 Å². The number of ether oxygens (including phenoxy) is 2. The number of para-hydroxylation sites is 1. The van der Waals surface area contributed by atoms with Gasteiger partial charge in [-0.3, -0.25) is 9.88 Å². The number of benzene rings is 3. The Morgan fingerprint density at radius 3 is 2.32 bits per heavy atom. The van der Waals surface area contributed by atoms with Crippen molar-refractivity contribution in [3.05, 3.63) is 109 Å². The number of rotatable bonds is 16. The number of fused-ring (bicyclic) bond motifs is 4. The van der Waals surface area contributed by atoms with E-state index in [1.807, 2.05) is 66.9 Å². The van der Waals surface area contributed by atoms with Crippen molar-refractivity contribution in [3.8, 4) is 16.9 Å². The number of carbonyl (C=O) groups is 1. The lowest BCUT2D eigenvalue weighted by Gasteiger charge is -2.51. The summed E-state index contributed by atoms with van der Waals surface area (Å²) in [7, 11) is 0. The molecular formula is C42H50N2O3. The number of piperidine rings is 3. The first-order valence-electron chi connectivity index (χ1n) is 17.9. The van der Waals surface area contributed by atoms with Crippen molar-refractivity contribution < 1.29 is 14.3 Å². The first kappa shape index (κ1) is 33.0. The molecule has 0 spiro atoms. The predicted octanol–water partition coefficient (Wildman–Crippen LogP) is 10.2. The lowest BCUT2D eigenvalue weighted by molar-refractivity contribution is -0.0568. The highest BCUT2D eigenvalue weighted by Crippen LogP contribution is 2.43. The molecule has 4 aromatic rings. The Morgan fingerprint density at radius 1 is 0.915 bits per heavy atom. The topological polar surface area (TPSA) is 51.7 Å². The van der Waals surface area contributed by atoms with Crippen molar-refractivity contribution in [2.45, 2.75) is 83.3 Å². The minimum atomic E-state index is -0.387. The van der Waals surface area contributed by atoms with Crippen molar-refractivity contribution in [3.63, 3.8) is 0 Å². The molecular weight excluding hydrogens is 580 g/mol. The first-order valence-corrected chi connectivity index (χ1v) is 17.9. The maximum Gasteiger partial charge on any atom is 0.338 e. The van der Waals surface area contributed by atoms with Gasteiger partial charge in [0.2, 0.25) is 0 Å². The minimum absolute atomic E-state index is 0.121. The van der Waals surface area contributed by atoms with Crippen molar-refractivity contribution in [1.29, 1.82) is 0 Å². The van der Waals surface area contributed by atoms with Crippen LogP contribution in [0.3, 0.4) is 0 Å². The van der Waals surface area contributed by atoms with Crippen LogP contribution in [0.5, 0.6) is 5.75 Å². The van der Waals surface area contributed by atoms with E-state index in [-0.39, 0.29) is 18.1 Å². The summed E-state index contributed by atoms with van der Waals surface area (Å²) in [6.45, 7) is 9.11. The monoisotopic (exact) mass is 630 g/mol. The molecule has 3 fully saturated rings. The van der Waals surface area contributed by atoms with Crippen LogP contribution in [-0.2, 0) is 4.74 Å².